The monoisotopic (exact) mass is 293 g/mol. The first-order valence-electron chi connectivity index (χ1n) is 6.51. The van der Waals surface area contributed by atoms with Gasteiger partial charge in [0.2, 0.25) is 10.9 Å². The van der Waals surface area contributed by atoms with E-state index in [2.05, 4.69) is 5.10 Å². The molecule has 0 spiro atoms. The number of hydrogen-bond donors (Lipinski definition) is 1. The van der Waals surface area contributed by atoms with E-state index in [-0.39, 0.29) is 16.1 Å². The molecule has 108 valence electrons. The van der Waals surface area contributed by atoms with Crippen LogP contribution in [0.5, 0.6) is 0 Å². The first-order chi connectivity index (χ1) is 10.6. The number of para-hydroxylation sites is 1. The molecule has 2 N–H and O–H groups in total. The SMILES string of the molecule is NC(=O)N(N=c1c(=O)c2ccccc2c1=O)c1ccccc1. The van der Waals surface area contributed by atoms with Gasteiger partial charge in [-0.15, -0.1) is 0 Å². The molecule has 3 aromatic rings. The normalized spacial score (nSPS) is 10.5. The lowest BCUT2D eigenvalue weighted by Crippen LogP contribution is -2.40. The van der Waals surface area contributed by atoms with Crippen LogP contribution in [0.15, 0.2) is 69.3 Å². The molecule has 0 unspecified atom stereocenters. The number of carbonyl (C=O) groups is 1. The third-order valence-electron chi connectivity index (χ3n) is 3.26. The Morgan fingerprint density at radius 2 is 1.36 bits per heavy atom. The van der Waals surface area contributed by atoms with Crippen LogP contribution in [-0.2, 0) is 0 Å². The largest absolute Gasteiger partial charge is 0.350 e. The van der Waals surface area contributed by atoms with Gasteiger partial charge in [-0.1, -0.05) is 42.5 Å². The summed E-state index contributed by atoms with van der Waals surface area (Å²) in [6.07, 6.45) is 0. The minimum atomic E-state index is -0.879. The first-order valence-corrected chi connectivity index (χ1v) is 6.51. The molecule has 22 heavy (non-hydrogen) atoms. The van der Waals surface area contributed by atoms with Crippen molar-refractivity contribution in [3.05, 3.63) is 80.4 Å². The average Bonchev–Trinajstić information content (AvgIpc) is 2.78. The molecule has 0 bridgehead atoms. The molecule has 0 aromatic heterocycles. The predicted molar refractivity (Wildman–Crippen MR) is 82.9 cm³/mol. The van der Waals surface area contributed by atoms with Crippen molar-refractivity contribution in [2.75, 3.05) is 5.01 Å². The van der Waals surface area contributed by atoms with E-state index in [0.717, 1.165) is 5.01 Å². The van der Waals surface area contributed by atoms with Crippen LogP contribution in [0, 0.1) is 0 Å². The van der Waals surface area contributed by atoms with Gasteiger partial charge in [-0.3, -0.25) is 9.59 Å². The summed E-state index contributed by atoms with van der Waals surface area (Å²) in [7, 11) is 0. The highest BCUT2D eigenvalue weighted by atomic mass is 16.2. The Morgan fingerprint density at radius 3 is 1.86 bits per heavy atom. The Hall–Kier alpha value is -3.28. The highest BCUT2D eigenvalue weighted by Gasteiger charge is 2.15. The number of nitrogens with two attached hydrogens (primary N) is 1. The molecule has 0 radical (unpaired) electrons. The molecule has 2 amide bonds. The Bertz CT molecular complexity index is 953. The van der Waals surface area contributed by atoms with Crippen LogP contribution in [-0.4, -0.2) is 6.03 Å². The topological polar surface area (TPSA) is 92.8 Å². The number of fused-ring (bicyclic) bond motifs is 1. The van der Waals surface area contributed by atoms with E-state index in [0.29, 0.717) is 5.69 Å². The lowest BCUT2D eigenvalue weighted by molar-refractivity contribution is 0.254. The van der Waals surface area contributed by atoms with Gasteiger partial charge in [0.25, 0.3) is 0 Å². The fourth-order valence-electron chi connectivity index (χ4n) is 2.23. The summed E-state index contributed by atoms with van der Waals surface area (Å²) in [4.78, 5) is 36.1. The van der Waals surface area contributed by atoms with Gasteiger partial charge in [0.15, 0.2) is 5.36 Å². The number of carbonyl (C=O) groups excluding carboxylic acids is 1. The van der Waals surface area contributed by atoms with E-state index in [9.17, 15) is 14.4 Å². The van der Waals surface area contributed by atoms with Crippen LogP contribution in [0.25, 0.3) is 10.8 Å². The molecule has 6 nitrogen and oxygen atoms in total. The van der Waals surface area contributed by atoms with E-state index in [4.69, 9.17) is 5.73 Å². The predicted octanol–water partition coefficient (Wildman–Crippen LogP) is 0.837. The van der Waals surface area contributed by atoms with Crippen molar-refractivity contribution in [1.29, 1.82) is 0 Å². The van der Waals surface area contributed by atoms with Crippen LogP contribution in [0.1, 0.15) is 0 Å². The fraction of sp³-hybridized carbons (Fsp3) is 0. The lowest BCUT2D eigenvalue weighted by atomic mass is 10.2. The molecule has 0 saturated heterocycles. The van der Waals surface area contributed by atoms with Crippen LogP contribution < -0.4 is 27.0 Å². The summed E-state index contributed by atoms with van der Waals surface area (Å²) in [5, 5.41) is 4.99. The van der Waals surface area contributed by atoms with Crippen LogP contribution in [0.2, 0.25) is 0 Å². The van der Waals surface area contributed by atoms with Gasteiger partial charge in [-0.05, 0) is 12.1 Å². The molecule has 3 rings (SSSR count). The quantitative estimate of drug-likeness (QED) is 0.709. The maximum absolute atomic E-state index is 12.3. The summed E-state index contributed by atoms with van der Waals surface area (Å²) in [5.41, 5.74) is 4.65. The van der Waals surface area contributed by atoms with Crippen LogP contribution in [0.4, 0.5) is 10.5 Å². The number of urea groups is 1. The third kappa shape index (κ3) is 2.16. The lowest BCUT2D eigenvalue weighted by Gasteiger charge is -2.12. The van der Waals surface area contributed by atoms with E-state index in [1.807, 2.05) is 0 Å². The summed E-state index contributed by atoms with van der Waals surface area (Å²) in [6, 6.07) is 13.9. The molecular weight excluding hydrogens is 282 g/mol. The first kappa shape index (κ1) is 13.7. The van der Waals surface area contributed by atoms with Crippen LogP contribution >= 0.6 is 0 Å². The minimum Gasteiger partial charge on any atom is -0.350 e. The van der Waals surface area contributed by atoms with Gasteiger partial charge < -0.3 is 5.73 Å². The average molecular weight is 293 g/mol. The second kappa shape index (κ2) is 5.25. The molecule has 0 aliphatic carbocycles. The molecule has 6 heteroatoms. The van der Waals surface area contributed by atoms with Gasteiger partial charge >= 0.3 is 6.03 Å². The molecule has 0 aliphatic rings. The minimum absolute atomic E-state index is 0.281. The summed E-state index contributed by atoms with van der Waals surface area (Å²) >= 11 is 0. The van der Waals surface area contributed by atoms with Gasteiger partial charge in [0, 0.05) is 10.8 Å². The highest BCUT2D eigenvalue weighted by Crippen LogP contribution is 2.12. The Labute approximate surface area is 124 Å². The molecular formula is C16H11N3O3. The highest BCUT2D eigenvalue weighted by molar-refractivity contribution is 5.90. The molecule has 0 atom stereocenters. The number of primary amides is 1. The number of anilines is 1. The standard InChI is InChI=1S/C16H11N3O3/c17-16(22)19(10-6-2-1-3-7-10)18-13-14(20)11-8-4-5-9-12(11)15(13)21/h1-9H,(H2,17,22). The number of amides is 2. The van der Waals surface area contributed by atoms with Crippen molar-refractivity contribution < 1.29 is 4.79 Å². The second-order valence-electron chi connectivity index (χ2n) is 4.64. The van der Waals surface area contributed by atoms with Crippen molar-refractivity contribution >= 4 is 22.5 Å². The summed E-state index contributed by atoms with van der Waals surface area (Å²) < 4.78 is 0. The van der Waals surface area contributed by atoms with E-state index in [1.54, 1.807) is 54.6 Å². The second-order valence-corrected chi connectivity index (χ2v) is 4.64. The third-order valence-corrected chi connectivity index (χ3v) is 3.26. The maximum Gasteiger partial charge on any atom is 0.340 e. The number of benzene rings is 2. The Kier molecular flexibility index (Phi) is 3.27. The zero-order valence-electron chi connectivity index (χ0n) is 11.4. The van der Waals surface area contributed by atoms with Crippen molar-refractivity contribution in [3.8, 4) is 0 Å². The number of nitrogens with zero attached hydrogens (tertiary/aromatic N) is 2. The Balaban J connectivity index is 2.29. The summed E-state index contributed by atoms with van der Waals surface area (Å²) in [6.45, 7) is 0. The van der Waals surface area contributed by atoms with Crippen molar-refractivity contribution in [2.24, 2.45) is 10.8 Å². The van der Waals surface area contributed by atoms with Crippen molar-refractivity contribution in [3.63, 3.8) is 0 Å². The van der Waals surface area contributed by atoms with Crippen molar-refractivity contribution in [1.82, 2.24) is 0 Å². The van der Waals surface area contributed by atoms with Gasteiger partial charge in [-0.2, -0.15) is 10.1 Å². The molecule has 0 aliphatic heterocycles. The number of rotatable bonds is 2. The fourth-order valence-corrected chi connectivity index (χ4v) is 2.23. The van der Waals surface area contributed by atoms with Crippen LogP contribution in [0.3, 0.4) is 0 Å². The van der Waals surface area contributed by atoms with Crippen molar-refractivity contribution in [2.45, 2.75) is 0 Å². The van der Waals surface area contributed by atoms with Gasteiger partial charge in [0.1, 0.15) is 0 Å². The number of hydrogen-bond acceptors (Lipinski definition) is 4. The smallest absolute Gasteiger partial charge is 0.340 e. The zero-order chi connectivity index (χ0) is 15.7. The molecule has 0 heterocycles. The molecule has 0 saturated carbocycles. The van der Waals surface area contributed by atoms with Gasteiger partial charge in [0.05, 0.1) is 5.69 Å². The van der Waals surface area contributed by atoms with E-state index in [1.165, 1.54) is 0 Å². The van der Waals surface area contributed by atoms with Gasteiger partial charge in [-0.25, -0.2) is 4.79 Å². The summed E-state index contributed by atoms with van der Waals surface area (Å²) in [5.74, 6) is 0. The van der Waals surface area contributed by atoms with E-state index < -0.39 is 16.9 Å². The molecule has 0 fully saturated rings. The zero-order valence-corrected chi connectivity index (χ0v) is 11.4. The molecule has 3 aromatic carbocycles. The maximum atomic E-state index is 12.3. The van der Waals surface area contributed by atoms with E-state index >= 15 is 0 Å². The Morgan fingerprint density at radius 1 is 0.864 bits per heavy atom.